The van der Waals surface area contributed by atoms with Gasteiger partial charge in [0.15, 0.2) is 23.6 Å². The number of carbonyl (C=O) groups excluding carboxylic acids is 1. The standard InChI is InChI=1S/C23H24N2O3/c1-16(23(26)24-19-12-11-17-7-3-4-8-18(17)13-19)25(2)14-20-15-27-21-9-5-6-10-22(21)28-20/h3-13,16,20H,14-15H2,1-2H3,(H,24,26)/p+1/t16-,20+/m0/s1. The smallest absolute Gasteiger partial charge is 0.282 e. The SMILES string of the molecule is C[C@@H](C(=O)Nc1ccc2ccccc2c1)[NH+](C)C[C@@H]1COc2ccccc2O1. The van der Waals surface area contributed by atoms with Crippen molar-refractivity contribution in [3.8, 4) is 11.5 Å². The van der Waals surface area contributed by atoms with Crippen LogP contribution in [0.2, 0.25) is 0 Å². The van der Waals surface area contributed by atoms with E-state index in [1.807, 2.05) is 74.6 Å². The molecule has 5 heteroatoms. The Hall–Kier alpha value is -3.05. The molecule has 1 aliphatic heterocycles. The first-order valence-corrected chi connectivity index (χ1v) is 9.60. The second-order valence-electron chi connectivity index (χ2n) is 7.32. The third-order valence-electron chi connectivity index (χ3n) is 5.27. The highest BCUT2D eigenvalue weighted by atomic mass is 16.6. The average molecular weight is 377 g/mol. The molecule has 1 heterocycles. The molecule has 0 fully saturated rings. The minimum atomic E-state index is -0.216. The number of benzene rings is 3. The first-order chi connectivity index (χ1) is 13.6. The molecule has 0 saturated carbocycles. The lowest BCUT2D eigenvalue weighted by molar-refractivity contribution is -0.896. The van der Waals surface area contributed by atoms with Gasteiger partial charge in [0.05, 0.1) is 7.05 Å². The van der Waals surface area contributed by atoms with Crippen LogP contribution in [0.5, 0.6) is 11.5 Å². The van der Waals surface area contributed by atoms with E-state index in [1.54, 1.807) is 0 Å². The molecule has 3 atom stereocenters. The van der Waals surface area contributed by atoms with E-state index in [-0.39, 0.29) is 18.1 Å². The number of para-hydroxylation sites is 2. The van der Waals surface area contributed by atoms with Crippen LogP contribution in [0.15, 0.2) is 66.7 Å². The minimum Gasteiger partial charge on any atom is -0.486 e. The molecular weight excluding hydrogens is 352 g/mol. The van der Waals surface area contributed by atoms with Gasteiger partial charge in [-0.05, 0) is 42.0 Å². The molecular formula is C23H25N2O3+. The fourth-order valence-corrected chi connectivity index (χ4v) is 3.44. The summed E-state index contributed by atoms with van der Waals surface area (Å²) in [6.45, 7) is 3.11. The molecule has 2 N–H and O–H groups in total. The van der Waals surface area contributed by atoms with Crippen LogP contribution in [-0.4, -0.2) is 38.3 Å². The van der Waals surface area contributed by atoms with Crippen molar-refractivity contribution in [1.29, 1.82) is 0 Å². The first-order valence-electron chi connectivity index (χ1n) is 9.60. The van der Waals surface area contributed by atoms with Gasteiger partial charge in [-0.25, -0.2) is 0 Å². The van der Waals surface area contributed by atoms with Gasteiger partial charge in [-0.15, -0.1) is 0 Å². The second kappa shape index (κ2) is 7.90. The fraction of sp³-hybridized carbons (Fsp3) is 0.261. The van der Waals surface area contributed by atoms with E-state index < -0.39 is 0 Å². The molecule has 0 spiro atoms. The number of amides is 1. The van der Waals surface area contributed by atoms with Gasteiger partial charge in [0.25, 0.3) is 5.91 Å². The molecule has 28 heavy (non-hydrogen) atoms. The lowest BCUT2D eigenvalue weighted by Gasteiger charge is -2.29. The molecule has 5 nitrogen and oxygen atoms in total. The molecule has 144 valence electrons. The molecule has 1 aliphatic rings. The Kier molecular flexibility index (Phi) is 5.17. The van der Waals surface area contributed by atoms with Gasteiger partial charge < -0.3 is 19.7 Å². The van der Waals surface area contributed by atoms with Crippen molar-refractivity contribution in [2.24, 2.45) is 0 Å². The Morgan fingerprint density at radius 3 is 2.61 bits per heavy atom. The van der Waals surface area contributed by atoms with Gasteiger partial charge in [-0.3, -0.25) is 4.79 Å². The molecule has 0 saturated heterocycles. The van der Waals surface area contributed by atoms with Crippen LogP contribution in [-0.2, 0) is 4.79 Å². The summed E-state index contributed by atoms with van der Waals surface area (Å²) in [7, 11) is 2.01. The van der Waals surface area contributed by atoms with Crippen molar-refractivity contribution in [3.63, 3.8) is 0 Å². The van der Waals surface area contributed by atoms with Crippen LogP contribution in [0, 0.1) is 0 Å². The number of rotatable bonds is 5. The van der Waals surface area contributed by atoms with Crippen molar-refractivity contribution < 1.29 is 19.2 Å². The van der Waals surface area contributed by atoms with E-state index >= 15 is 0 Å². The molecule has 3 aromatic carbocycles. The number of hydrogen-bond donors (Lipinski definition) is 2. The Labute approximate surface area is 164 Å². The highest BCUT2D eigenvalue weighted by Crippen LogP contribution is 2.30. The maximum absolute atomic E-state index is 12.7. The van der Waals surface area contributed by atoms with Crippen LogP contribution < -0.4 is 19.7 Å². The number of ether oxygens (including phenoxy) is 2. The van der Waals surface area contributed by atoms with Crippen LogP contribution in [0.3, 0.4) is 0 Å². The third-order valence-corrected chi connectivity index (χ3v) is 5.27. The number of carbonyl (C=O) groups is 1. The van der Waals surface area contributed by atoms with Crippen molar-refractivity contribution in [2.75, 3.05) is 25.5 Å². The first kappa shape index (κ1) is 18.3. The average Bonchev–Trinajstić information content (AvgIpc) is 2.73. The van der Waals surface area contributed by atoms with Crippen molar-refractivity contribution in [2.45, 2.75) is 19.1 Å². The Balaban J connectivity index is 1.36. The zero-order valence-corrected chi connectivity index (χ0v) is 16.1. The van der Waals surface area contributed by atoms with Gasteiger partial charge in [0.1, 0.15) is 13.2 Å². The fourth-order valence-electron chi connectivity index (χ4n) is 3.44. The molecule has 0 aliphatic carbocycles. The summed E-state index contributed by atoms with van der Waals surface area (Å²) in [5.74, 6) is 1.53. The van der Waals surface area contributed by atoms with Crippen molar-refractivity contribution in [3.05, 3.63) is 66.7 Å². The quantitative estimate of drug-likeness (QED) is 0.718. The monoisotopic (exact) mass is 377 g/mol. The summed E-state index contributed by atoms with van der Waals surface area (Å²) in [6.07, 6.45) is -0.0779. The number of quaternary nitrogens is 1. The van der Waals surface area contributed by atoms with Gasteiger partial charge in [0.2, 0.25) is 0 Å². The molecule has 0 aromatic heterocycles. The number of fused-ring (bicyclic) bond motifs is 2. The Bertz CT molecular complexity index is 988. The predicted octanol–water partition coefficient (Wildman–Crippen LogP) is 2.52. The predicted molar refractivity (Wildman–Crippen MR) is 110 cm³/mol. The third kappa shape index (κ3) is 3.94. The highest BCUT2D eigenvalue weighted by Gasteiger charge is 2.29. The summed E-state index contributed by atoms with van der Waals surface area (Å²) in [5, 5.41) is 5.31. The van der Waals surface area contributed by atoms with Crippen LogP contribution >= 0.6 is 0 Å². The topological polar surface area (TPSA) is 52.0 Å². The molecule has 0 radical (unpaired) electrons. The molecule has 3 aromatic rings. The van der Waals surface area contributed by atoms with E-state index in [0.29, 0.717) is 13.2 Å². The number of anilines is 1. The van der Waals surface area contributed by atoms with Crippen molar-refractivity contribution >= 4 is 22.4 Å². The van der Waals surface area contributed by atoms with Crippen LogP contribution in [0.4, 0.5) is 5.69 Å². The molecule has 1 amide bonds. The zero-order valence-electron chi connectivity index (χ0n) is 16.1. The van der Waals surface area contributed by atoms with E-state index in [0.717, 1.165) is 32.9 Å². The lowest BCUT2D eigenvalue weighted by atomic mass is 10.1. The maximum Gasteiger partial charge on any atom is 0.282 e. The zero-order chi connectivity index (χ0) is 19.5. The van der Waals surface area contributed by atoms with Crippen LogP contribution in [0.1, 0.15) is 6.92 Å². The summed E-state index contributed by atoms with van der Waals surface area (Å²) in [5.41, 5.74) is 0.814. The second-order valence-corrected chi connectivity index (χ2v) is 7.32. The van der Waals surface area contributed by atoms with E-state index in [1.165, 1.54) is 0 Å². The summed E-state index contributed by atoms with van der Waals surface area (Å²) < 4.78 is 11.8. The molecule has 4 rings (SSSR count). The molecule has 1 unspecified atom stereocenters. The number of nitrogens with one attached hydrogen (secondary N) is 2. The summed E-state index contributed by atoms with van der Waals surface area (Å²) >= 11 is 0. The lowest BCUT2D eigenvalue weighted by Crippen LogP contribution is -3.15. The minimum absolute atomic E-state index is 0.00934. The largest absolute Gasteiger partial charge is 0.486 e. The van der Waals surface area contributed by atoms with E-state index in [4.69, 9.17) is 9.47 Å². The van der Waals surface area contributed by atoms with Gasteiger partial charge in [-0.1, -0.05) is 42.5 Å². The maximum atomic E-state index is 12.7. The summed E-state index contributed by atoms with van der Waals surface area (Å²) in [4.78, 5) is 13.8. The van der Waals surface area contributed by atoms with E-state index in [9.17, 15) is 4.79 Å². The van der Waals surface area contributed by atoms with E-state index in [2.05, 4.69) is 11.4 Å². The van der Waals surface area contributed by atoms with Gasteiger partial charge >= 0.3 is 0 Å². The Morgan fingerprint density at radius 2 is 1.79 bits per heavy atom. The molecule has 0 bridgehead atoms. The van der Waals surface area contributed by atoms with Crippen molar-refractivity contribution in [1.82, 2.24) is 0 Å². The van der Waals surface area contributed by atoms with Gasteiger partial charge in [-0.2, -0.15) is 0 Å². The number of likely N-dealkylation sites (N-methyl/N-ethyl adjacent to an activating group) is 1. The Morgan fingerprint density at radius 1 is 1.07 bits per heavy atom. The number of hydrogen-bond acceptors (Lipinski definition) is 3. The van der Waals surface area contributed by atoms with Gasteiger partial charge in [0, 0.05) is 5.69 Å². The van der Waals surface area contributed by atoms with Crippen LogP contribution in [0.25, 0.3) is 10.8 Å². The highest BCUT2D eigenvalue weighted by molar-refractivity contribution is 5.96. The summed E-state index contributed by atoms with van der Waals surface area (Å²) in [6, 6.07) is 21.5. The normalized spacial score (nSPS) is 17.7.